The molecule has 156 valence electrons. The molecule has 2 aromatic heterocycles. The van der Waals surface area contributed by atoms with E-state index in [1.807, 2.05) is 0 Å². The third kappa shape index (κ3) is 4.14. The number of hydrogen-bond donors (Lipinski definition) is 0. The number of benzene rings is 2. The van der Waals surface area contributed by atoms with Crippen LogP contribution < -0.4 is 10.1 Å². The molecule has 2 heterocycles. The molecule has 0 amide bonds. The lowest BCUT2D eigenvalue weighted by molar-refractivity contribution is 0.0529. The molecule has 2 aromatic carbocycles. The van der Waals surface area contributed by atoms with Gasteiger partial charge in [0.1, 0.15) is 4.83 Å². The molecule has 4 rings (SSSR count). The highest BCUT2D eigenvalue weighted by atomic mass is 35.5. The Balaban J connectivity index is 1.93. The molecule has 8 heteroatoms. The van der Waals surface area contributed by atoms with Gasteiger partial charge in [0, 0.05) is 15.6 Å². The maximum Gasteiger partial charge on any atom is 0.341 e. The first-order valence-corrected chi connectivity index (χ1v) is 10.9. The van der Waals surface area contributed by atoms with Gasteiger partial charge in [0.2, 0.25) is 5.78 Å². The molecule has 0 fully saturated rings. The minimum Gasteiger partial charge on any atom is -0.462 e. The standard InChI is InChI=1S/C23H15Cl2NO4S/c1-2-30-23(29)17-12-18(20(27)14-5-9-16(25)10-6-14)26-21(28)19(31-22(17)26)11-13-3-7-15(24)8-4-13/h3-12H,2H2,1H3/b19-11+. The summed E-state index contributed by atoms with van der Waals surface area (Å²) in [4.78, 5) is 39.2. The molecule has 4 aromatic rings. The molecular formula is C23H15Cl2NO4S. The van der Waals surface area contributed by atoms with Crippen LogP contribution in [0.1, 0.15) is 38.9 Å². The van der Waals surface area contributed by atoms with Crippen LogP contribution in [0.2, 0.25) is 10.0 Å². The van der Waals surface area contributed by atoms with E-state index in [-0.39, 0.29) is 23.4 Å². The summed E-state index contributed by atoms with van der Waals surface area (Å²) >= 11 is 13.0. The van der Waals surface area contributed by atoms with Crippen LogP contribution in [0.3, 0.4) is 0 Å². The fraction of sp³-hybridized carbons (Fsp3) is 0.0870. The zero-order valence-electron chi connectivity index (χ0n) is 16.2. The third-order valence-corrected chi connectivity index (χ3v) is 6.19. The molecule has 0 spiro atoms. The molecule has 0 radical (unpaired) electrons. The fourth-order valence-corrected chi connectivity index (χ4v) is 4.48. The van der Waals surface area contributed by atoms with Crippen molar-refractivity contribution in [3.8, 4) is 0 Å². The number of fused-ring (bicyclic) bond motifs is 1. The molecule has 0 saturated carbocycles. The highest BCUT2D eigenvalue weighted by Crippen LogP contribution is 2.22. The second kappa shape index (κ2) is 8.67. The number of ether oxygens (including phenoxy) is 1. The number of esters is 1. The third-order valence-electron chi connectivity index (χ3n) is 4.58. The molecule has 0 bridgehead atoms. The number of carbonyl (C=O) groups excluding carboxylic acids is 2. The van der Waals surface area contributed by atoms with E-state index in [1.165, 1.54) is 10.5 Å². The molecule has 0 aliphatic rings. The molecule has 0 aliphatic heterocycles. The van der Waals surface area contributed by atoms with Crippen molar-refractivity contribution in [1.82, 2.24) is 4.40 Å². The molecule has 0 N–H and O–H groups in total. The van der Waals surface area contributed by atoms with E-state index in [0.29, 0.717) is 25.0 Å². The minimum atomic E-state index is -0.588. The average molecular weight is 472 g/mol. The topological polar surface area (TPSA) is 64.8 Å². The first kappa shape index (κ1) is 21.3. The van der Waals surface area contributed by atoms with Crippen molar-refractivity contribution in [3.05, 3.63) is 102 Å². The van der Waals surface area contributed by atoms with Crippen molar-refractivity contribution in [1.29, 1.82) is 0 Å². The molecule has 0 aliphatic carbocycles. The second-order valence-corrected chi connectivity index (χ2v) is 8.51. The SMILES string of the molecule is CCOC(=O)c1cc(C(=O)c2ccc(Cl)cc2)n2c(=O)/c(=C\c3ccc(Cl)cc3)sc12. The highest BCUT2D eigenvalue weighted by Gasteiger charge is 2.25. The number of thiazole rings is 1. The maximum atomic E-state index is 13.2. The van der Waals surface area contributed by atoms with E-state index in [1.54, 1.807) is 61.5 Å². The van der Waals surface area contributed by atoms with Gasteiger partial charge in [0.25, 0.3) is 5.56 Å². The van der Waals surface area contributed by atoms with Gasteiger partial charge in [0.15, 0.2) is 0 Å². The van der Waals surface area contributed by atoms with E-state index in [2.05, 4.69) is 0 Å². The zero-order valence-corrected chi connectivity index (χ0v) is 18.6. The summed E-state index contributed by atoms with van der Waals surface area (Å²) in [5.74, 6) is -0.982. The lowest BCUT2D eigenvalue weighted by Gasteiger charge is -2.00. The van der Waals surface area contributed by atoms with Gasteiger partial charge in [-0.2, -0.15) is 0 Å². The summed E-state index contributed by atoms with van der Waals surface area (Å²) in [5, 5.41) is 1.07. The van der Waals surface area contributed by atoms with Crippen LogP contribution in [0.25, 0.3) is 10.9 Å². The second-order valence-electron chi connectivity index (χ2n) is 6.61. The molecule has 0 unspecified atom stereocenters. The average Bonchev–Trinajstić information content (AvgIpc) is 3.28. The summed E-state index contributed by atoms with van der Waals surface area (Å²) in [6.45, 7) is 1.87. The van der Waals surface area contributed by atoms with Crippen LogP contribution in [0.5, 0.6) is 0 Å². The van der Waals surface area contributed by atoms with Crippen LogP contribution >= 0.6 is 34.5 Å². The first-order valence-electron chi connectivity index (χ1n) is 9.32. The Kier molecular flexibility index (Phi) is 5.96. The van der Waals surface area contributed by atoms with E-state index < -0.39 is 11.8 Å². The van der Waals surface area contributed by atoms with Crippen molar-refractivity contribution in [2.45, 2.75) is 6.92 Å². The Morgan fingerprint density at radius 3 is 2.26 bits per heavy atom. The fourth-order valence-electron chi connectivity index (χ4n) is 3.13. The summed E-state index contributed by atoms with van der Waals surface area (Å²) in [6.07, 6.45) is 1.70. The summed E-state index contributed by atoms with van der Waals surface area (Å²) in [6, 6.07) is 14.8. The number of halogens is 2. The van der Waals surface area contributed by atoms with E-state index in [0.717, 1.165) is 16.9 Å². The summed E-state index contributed by atoms with van der Waals surface area (Å²) < 4.78 is 6.79. The zero-order chi connectivity index (χ0) is 22.1. The van der Waals surface area contributed by atoms with Crippen LogP contribution in [0.15, 0.2) is 59.4 Å². The van der Waals surface area contributed by atoms with Crippen molar-refractivity contribution in [3.63, 3.8) is 0 Å². The van der Waals surface area contributed by atoms with Crippen LogP contribution in [-0.4, -0.2) is 22.8 Å². The highest BCUT2D eigenvalue weighted by molar-refractivity contribution is 7.15. The van der Waals surface area contributed by atoms with Crippen molar-refractivity contribution < 1.29 is 14.3 Å². The monoisotopic (exact) mass is 471 g/mol. The van der Waals surface area contributed by atoms with Gasteiger partial charge < -0.3 is 4.74 Å². The number of rotatable bonds is 5. The van der Waals surface area contributed by atoms with Gasteiger partial charge in [0.05, 0.1) is 22.4 Å². The van der Waals surface area contributed by atoms with Crippen molar-refractivity contribution in [2.75, 3.05) is 6.61 Å². The Bertz CT molecular complexity index is 1400. The Hall–Kier alpha value is -2.93. The van der Waals surface area contributed by atoms with Gasteiger partial charge in [-0.1, -0.05) is 35.3 Å². The molecular weight excluding hydrogens is 457 g/mol. The van der Waals surface area contributed by atoms with Gasteiger partial charge in [-0.25, -0.2) is 4.79 Å². The number of carbonyl (C=O) groups is 2. The van der Waals surface area contributed by atoms with Gasteiger partial charge >= 0.3 is 5.97 Å². The predicted octanol–water partition coefficient (Wildman–Crippen LogP) is 4.62. The Morgan fingerprint density at radius 2 is 1.65 bits per heavy atom. The quantitative estimate of drug-likeness (QED) is 0.314. The number of nitrogens with zero attached hydrogens (tertiary/aromatic N) is 1. The van der Waals surface area contributed by atoms with Gasteiger partial charge in [-0.05, 0) is 61.0 Å². The Labute approximate surface area is 191 Å². The maximum absolute atomic E-state index is 13.2. The summed E-state index contributed by atoms with van der Waals surface area (Å²) in [5.41, 5.74) is 1.01. The molecule has 5 nitrogen and oxygen atoms in total. The van der Waals surface area contributed by atoms with E-state index >= 15 is 0 Å². The predicted molar refractivity (Wildman–Crippen MR) is 123 cm³/mol. The Morgan fingerprint density at radius 1 is 1.03 bits per heavy atom. The number of hydrogen-bond acceptors (Lipinski definition) is 5. The lowest BCUT2D eigenvalue weighted by atomic mass is 10.1. The molecule has 0 atom stereocenters. The van der Waals surface area contributed by atoms with E-state index in [9.17, 15) is 14.4 Å². The van der Waals surface area contributed by atoms with Crippen molar-refractivity contribution >= 4 is 57.2 Å². The minimum absolute atomic E-state index is 0.0948. The van der Waals surface area contributed by atoms with Crippen LogP contribution in [0, 0.1) is 0 Å². The van der Waals surface area contributed by atoms with Crippen LogP contribution in [-0.2, 0) is 4.74 Å². The van der Waals surface area contributed by atoms with Crippen molar-refractivity contribution in [2.24, 2.45) is 0 Å². The first-order chi connectivity index (χ1) is 14.9. The summed E-state index contributed by atoms with van der Waals surface area (Å²) in [7, 11) is 0. The van der Waals surface area contributed by atoms with Gasteiger partial charge in [-0.3, -0.25) is 14.0 Å². The van der Waals surface area contributed by atoms with Gasteiger partial charge in [-0.15, -0.1) is 11.3 Å². The molecule has 31 heavy (non-hydrogen) atoms. The van der Waals surface area contributed by atoms with Crippen LogP contribution in [0.4, 0.5) is 0 Å². The largest absolute Gasteiger partial charge is 0.462 e. The van der Waals surface area contributed by atoms with E-state index in [4.69, 9.17) is 27.9 Å². The number of aromatic nitrogens is 1. The normalized spacial score (nSPS) is 11.8. The number of ketones is 1. The molecule has 0 saturated heterocycles. The lowest BCUT2D eigenvalue weighted by Crippen LogP contribution is -2.25. The smallest absolute Gasteiger partial charge is 0.341 e.